The first kappa shape index (κ1) is 9.48. The maximum absolute atomic E-state index is 12.9. The second-order valence-electron chi connectivity index (χ2n) is 2.37. The number of hydrogen-bond acceptors (Lipinski definition) is 3. The van der Waals surface area contributed by atoms with E-state index in [0.717, 1.165) is 6.20 Å². The van der Waals surface area contributed by atoms with Gasteiger partial charge in [0.25, 0.3) is 0 Å². The molecule has 0 aliphatic heterocycles. The predicted octanol–water partition coefficient (Wildman–Crippen LogP) is 1.62. The second-order valence-corrected chi connectivity index (χ2v) is 3.28. The Morgan fingerprint density at radius 3 is 3.08 bits per heavy atom. The summed E-state index contributed by atoms with van der Waals surface area (Å²) in [4.78, 5) is 3.59. The monoisotopic (exact) mass is 187 g/mol. The lowest BCUT2D eigenvalue weighted by Crippen LogP contribution is -2.03. The summed E-state index contributed by atoms with van der Waals surface area (Å²) in [6.45, 7) is 0. The molecule has 0 aromatic carbocycles. The van der Waals surface area contributed by atoms with Gasteiger partial charge in [-0.25, -0.2) is 4.39 Å². The highest BCUT2D eigenvalue weighted by atomic mass is 32.2. The molecule has 0 fully saturated rings. The third kappa shape index (κ3) is 2.19. The van der Waals surface area contributed by atoms with Crippen LogP contribution in [0, 0.1) is 5.82 Å². The summed E-state index contributed by atoms with van der Waals surface area (Å²) in [5, 5.41) is 9.41. The average Bonchev–Trinajstić information content (AvgIpc) is 2.05. The molecular weight excluding hydrogens is 177 g/mol. The van der Waals surface area contributed by atoms with Crippen molar-refractivity contribution in [2.75, 3.05) is 12.0 Å². The van der Waals surface area contributed by atoms with Crippen molar-refractivity contribution in [3.8, 4) is 0 Å². The predicted molar refractivity (Wildman–Crippen MR) is 47.5 cm³/mol. The van der Waals surface area contributed by atoms with Crippen molar-refractivity contribution in [2.24, 2.45) is 0 Å². The van der Waals surface area contributed by atoms with E-state index < -0.39 is 11.9 Å². The van der Waals surface area contributed by atoms with Crippen molar-refractivity contribution in [1.82, 2.24) is 4.98 Å². The lowest BCUT2D eigenvalue weighted by Gasteiger charge is -2.08. The van der Waals surface area contributed by atoms with E-state index in [1.807, 2.05) is 6.26 Å². The molecule has 1 heterocycles. The van der Waals surface area contributed by atoms with Crippen LogP contribution in [0.3, 0.4) is 0 Å². The summed E-state index contributed by atoms with van der Waals surface area (Å²) in [5.74, 6) is 0.0556. The van der Waals surface area contributed by atoms with Crippen LogP contribution in [0.5, 0.6) is 0 Å². The highest BCUT2D eigenvalue weighted by Gasteiger charge is 2.10. The van der Waals surface area contributed by atoms with Gasteiger partial charge in [-0.1, -0.05) is 0 Å². The van der Waals surface area contributed by atoms with E-state index in [4.69, 9.17) is 0 Å². The zero-order valence-electron chi connectivity index (χ0n) is 6.70. The number of rotatable bonds is 3. The minimum atomic E-state index is -0.733. The molecule has 0 aliphatic carbocycles. The molecule has 0 saturated heterocycles. The molecule has 0 aliphatic rings. The van der Waals surface area contributed by atoms with Crippen LogP contribution in [0.25, 0.3) is 0 Å². The van der Waals surface area contributed by atoms with Gasteiger partial charge in [0.2, 0.25) is 0 Å². The number of aliphatic hydroxyl groups is 1. The first-order valence-corrected chi connectivity index (χ1v) is 4.91. The number of pyridine rings is 1. The largest absolute Gasteiger partial charge is 0.387 e. The topological polar surface area (TPSA) is 33.1 Å². The van der Waals surface area contributed by atoms with Gasteiger partial charge in [-0.2, -0.15) is 11.8 Å². The minimum Gasteiger partial charge on any atom is -0.387 e. The molecule has 4 heteroatoms. The lowest BCUT2D eigenvalue weighted by atomic mass is 10.2. The van der Waals surface area contributed by atoms with Crippen molar-refractivity contribution in [2.45, 2.75) is 6.10 Å². The molecule has 0 amide bonds. The third-order valence-electron chi connectivity index (χ3n) is 1.49. The van der Waals surface area contributed by atoms with E-state index in [-0.39, 0.29) is 0 Å². The van der Waals surface area contributed by atoms with Crippen LogP contribution in [0.15, 0.2) is 18.5 Å². The number of nitrogens with zero attached hydrogens (tertiary/aromatic N) is 1. The molecule has 0 radical (unpaired) electrons. The van der Waals surface area contributed by atoms with Gasteiger partial charge < -0.3 is 5.11 Å². The van der Waals surface area contributed by atoms with Gasteiger partial charge >= 0.3 is 0 Å². The van der Waals surface area contributed by atoms with Crippen LogP contribution in [0.1, 0.15) is 11.7 Å². The molecule has 1 rings (SSSR count). The van der Waals surface area contributed by atoms with Gasteiger partial charge in [0.15, 0.2) is 0 Å². The molecule has 0 saturated carbocycles. The van der Waals surface area contributed by atoms with Gasteiger partial charge in [0, 0.05) is 17.5 Å². The summed E-state index contributed by atoms with van der Waals surface area (Å²) >= 11 is 1.48. The van der Waals surface area contributed by atoms with E-state index in [1.54, 1.807) is 0 Å². The Morgan fingerprint density at radius 2 is 2.50 bits per heavy atom. The summed E-state index contributed by atoms with van der Waals surface area (Å²) in [5.41, 5.74) is 0.319. The minimum absolute atomic E-state index is 0.319. The maximum Gasteiger partial charge on any atom is 0.147 e. The van der Waals surface area contributed by atoms with Crippen molar-refractivity contribution < 1.29 is 9.50 Å². The van der Waals surface area contributed by atoms with E-state index >= 15 is 0 Å². The van der Waals surface area contributed by atoms with E-state index in [9.17, 15) is 9.50 Å². The smallest absolute Gasteiger partial charge is 0.147 e. The van der Waals surface area contributed by atoms with Gasteiger partial charge in [-0.05, 0) is 12.3 Å². The van der Waals surface area contributed by atoms with E-state index in [0.29, 0.717) is 11.3 Å². The highest BCUT2D eigenvalue weighted by Crippen LogP contribution is 2.18. The van der Waals surface area contributed by atoms with Crippen molar-refractivity contribution in [3.05, 3.63) is 29.8 Å². The number of aromatic nitrogens is 1. The highest BCUT2D eigenvalue weighted by molar-refractivity contribution is 7.98. The third-order valence-corrected chi connectivity index (χ3v) is 2.14. The molecule has 2 nitrogen and oxygen atoms in total. The summed E-state index contributed by atoms with van der Waals surface area (Å²) in [7, 11) is 0. The molecule has 1 atom stereocenters. The average molecular weight is 187 g/mol. The van der Waals surface area contributed by atoms with Crippen molar-refractivity contribution >= 4 is 11.8 Å². The van der Waals surface area contributed by atoms with Crippen LogP contribution in [-0.4, -0.2) is 22.1 Å². The Labute approximate surface area is 74.8 Å². The molecule has 0 bridgehead atoms. The summed E-state index contributed by atoms with van der Waals surface area (Å²) in [6, 6.07) is 1.50. The second kappa shape index (κ2) is 4.42. The van der Waals surface area contributed by atoms with Crippen LogP contribution >= 0.6 is 11.8 Å². The number of halogens is 1. The van der Waals surface area contributed by atoms with Crippen LogP contribution < -0.4 is 0 Å². The Hall–Kier alpha value is -0.610. The standard InChI is InChI=1S/C8H10FNOS/c1-12-5-8(11)6-2-3-10-4-7(6)9/h2-4,8,11H,5H2,1H3. The van der Waals surface area contributed by atoms with Crippen LogP contribution in [-0.2, 0) is 0 Å². The van der Waals surface area contributed by atoms with Crippen LogP contribution in [0.4, 0.5) is 4.39 Å². The van der Waals surface area contributed by atoms with Gasteiger partial charge in [0.1, 0.15) is 5.82 Å². The van der Waals surface area contributed by atoms with Crippen LogP contribution in [0.2, 0.25) is 0 Å². The molecule has 1 unspecified atom stereocenters. The Kier molecular flexibility index (Phi) is 3.49. The molecular formula is C8H10FNOS. The fraction of sp³-hybridized carbons (Fsp3) is 0.375. The normalized spacial score (nSPS) is 12.9. The Morgan fingerprint density at radius 1 is 1.75 bits per heavy atom. The first-order valence-electron chi connectivity index (χ1n) is 3.52. The quantitative estimate of drug-likeness (QED) is 0.780. The summed E-state index contributed by atoms with van der Waals surface area (Å²) in [6.07, 6.45) is 3.71. The fourth-order valence-corrected chi connectivity index (χ4v) is 1.40. The number of hydrogen-bond donors (Lipinski definition) is 1. The van der Waals surface area contributed by atoms with Gasteiger partial charge in [-0.3, -0.25) is 4.98 Å². The number of aliphatic hydroxyl groups excluding tert-OH is 1. The zero-order chi connectivity index (χ0) is 8.97. The maximum atomic E-state index is 12.9. The first-order chi connectivity index (χ1) is 5.75. The van der Waals surface area contributed by atoms with Crippen molar-refractivity contribution in [1.29, 1.82) is 0 Å². The molecule has 1 N–H and O–H groups in total. The van der Waals surface area contributed by atoms with Crippen molar-refractivity contribution in [3.63, 3.8) is 0 Å². The molecule has 1 aromatic heterocycles. The molecule has 66 valence electrons. The van der Waals surface area contributed by atoms with Gasteiger partial charge in [0.05, 0.1) is 12.3 Å². The summed E-state index contributed by atoms with van der Waals surface area (Å²) < 4.78 is 12.9. The fourth-order valence-electron chi connectivity index (χ4n) is 0.904. The van der Waals surface area contributed by atoms with E-state index in [1.165, 1.54) is 24.0 Å². The van der Waals surface area contributed by atoms with Gasteiger partial charge in [-0.15, -0.1) is 0 Å². The molecule has 12 heavy (non-hydrogen) atoms. The zero-order valence-corrected chi connectivity index (χ0v) is 7.51. The SMILES string of the molecule is CSCC(O)c1ccncc1F. The molecule has 0 spiro atoms. The molecule has 1 aromatic rings. The van der Waals surface area contributed by atoms with E-state index in [2.05, 4.69) is 4.98 Å². The Bertz CT molecular complexity index is 257. The lowest BCUT2D eigenvalue weighted by molar-refractivity contribution is 0.199. The number of thioether (sulfide) groups is 1. The Balaban J connectivity index is 2.79.